The summed E-state index contributed by atoms with van der Waals surface area (Å²) < 4.78 is 19.2. The molecule has 3 nitrogen and oxygen atoms in total. The van der Waals surface area contributed by atoms with Gasteiger partial charge in [-0.25, -0.2) is 9.37 Å². The summed E-state index contributed by atoms with van der Waals surface area (Å²) >= 11 is 1.39. The maximum atomic E-state index is 14.0. The molecule has 3 rings (SSSR count). The Kier molecular flexibility index (Phi) is 3.58. The Morgan fingerprint density at radius 1 is 1.19 bits per heavy atom. The van der Waals surface area contributed by atoms with Crippen molar-refractivity contribution in [2.75, 3.05) is 7.11 Å². The van der Waals surface area contributed by atoms with E-state index in [0.717, 1.165) is 5.56 Å². The van der Waals surface area contributed by atoms with E-state index in [1.807, 2.05) is 6.07 Å². The number of aromatic hydroxyl groups is 1. The molecule has 1 heterocycles. The van der Waals surface area contributed by atoms with Crippen LogP contribution < -0.4 is 4.74 Å². The van der Waals surface area contributed by atoms with Gasteiger partial charge >= 0.3 is 0 Å². The van der Waals surface area contributed by atoms with E-state index in [1.165, 1.54) is 24.5 Å². The summed E-state index contributed by atoms with van der Waals surface area (Å²) in [7, 11) is 1.50. The number of ether oxygens (including phenoxy) is 1. The van der Waals surface area contributed by atoms with E-state index < -0.39 is 0 Å². The van der Waals surface area contributed by atoms with Crippen LogP contribution in [0.15, 0.2) is 47.8 Å². The summed E-state index contributed by atoms with van der Waals surface area (Å²) in [5, 5.41) is 12.0. The predicted molar refractivity (Wildman–Crippen MR) is 81.2 cm³/mol. The van der Waals surface area contributed by atoms with Gasteiger partial charge in [0.15, 0.2) is 0 Å². The van der Waals surface area contributed by atoms with E-state index in [-0.39, 0.29) is 11.6 Å². The topological polar surface area (TPSA) is 42.4 Å². The molecule has 1 aromatic heterocycles. The van der Waals surface area contributed by atoms with E-state index in [2.05, 4.69) is 4.98 Å². The molecule has 0 aliphatic carbocycles. The number of hydrogen-bond acceptors (Lipinski definition) is 4. The monoisotopic (exact) mass is 301 g/mol. The molecule has 1 N–H and O–H groups in total. The van der Waals surface area contributed by atoms with Gasteiger partial charge in [0, 0.05) is 10.9 Å². The minimum Gasteiger partial charge on any atom is -0.508 e. The lowest BCUT2D eigenvalue weighted by atomic mass is 10.1. The molecule has 0 aliphatic rings. The third kappa shape index (κ3) is 2.60. The first-order chi connectivity index (χ1) is 10.2. The number of aromatic nitrogens is 1. The fourth-order valence-corrected chi connectivity index (χ4v) is 2.89. The van der Waals surface area contributed by atoms with Crippen molar-refractivity contribution in [3.63, 3.8) is 0 Å². The molecule has 2 aromatic carbocycles. The van der Waals surface area contributed by atoms with Crippen molar-refractivity contribution in [2.24, 2.45) is 0 Å². The number of nitrogens with zero attached hydrogens (tertiary/aromatic N) is 1. The zero-order valence-corrected chi connectivity index (χ0v) is 12.0. The average Bonchev–Trinajstić information content (AvgIpc) is 2.96. The fourth-order valence-electron chi connectivity index (χ4n) is 2.08. The summed E-state index contributed by atoms with van der Waals surface area (Å²) in [4.78, 5) is 4.45. The van der Waals surface area contributed by atoms with Crippen LogP contribution in [0.2, 0.25) is 0 Å². The van der Waals surface area contributed by atoms with Crippen molar-refractivity contribution in [1.82, 2.24) is 4.98 Å². The van der Waals surface area contributed by atoms with Gasteiger partial charge in [0.1, 0.15) is 22.3 Å². The van der Waals surface area contributed by atoms with Gasteiger partial charge in [-0.15, -0.1) is 11.3 Å². The molecule has 0 unspecified atom stereocenters. The van der Waals surface area contributed by atoms with Gasteiger partial charge in [0.05, 0.1) is 18.4 Å². The largest absolute Gasteiger partial charge is 0.508 e. The zero-order chi connectivity index (χ0) is 14.8. The van der Waals surface area contributed by atoms with E-state index in [1.54, 1.807) is 35.7 Å². The molecule has 0 saturated carbocycles. The lowest BCUT2D eigenvalue weighted by Gasteiger charge is -2.06. The third-order valence-corrected chi connectivity index (χ3v) is 3.94. The molecule has 0 amide bonds. The van der Waals surface area contributed by atoms with E-state index in [9.17, 15) is 9.50 Å². The quantitative estimate of drug-likeness (QED) is 0.783. The number of halogens is 1. The predicted octanol–water partition coefficient (Wildman–Crippen LogP) is 4.33. The number of hydrogen-bond donors (Lipinski definition) is 1. The van der Waals surface area contributed by atoms with Gasteiger partial charge in [0.25, 0.3) is 0 Å². The van der Waals surface area contributed by atoms with Crippen LogP contribution in [0.5, 0.6) is 11.5 Å². The second-order valence-electron chi connectivity index (χ2n) is 4.41. The van der Waals surface area contributed by atoms with E-state index in [0.29, 0.717) is 22.0 Å². The Labute approximate surface area is 125 Å². The van der Waals surface area contributed by atoms with E-state index >= 15 is 0 Å². The Balaban J connectivity index is 2.07. The molecule has 0 atom stereocenters. The number of rotatable bonds is 3. The summed E-state index contributed by atoms with van der Waals surface area (Å²) in [5.74, 6) is 0.248. The second-order valence-corrected chi connectivity index (χ2v) is 5.26. The van der Waals surface area contributed by atoms with Crippen molar-refractivity contribution < 1.29 is 14.2 Å². The highest BCUT2D eigenvalue weighted by Crippen LogP contribution is 2.36. The van der Waals surface area contributed by atoms with Gasteiger partial charge in [-0.1, -0.05) is 18.2 Å². The molecule has 5 heteroatoms. The third-order valence-electron chi connectivity index (χ3n) is 3.05. The number of thiazole rings is 1. The number of phenolic OH excluding ortho intramolecular Hbond substituents is 1. The highest BCUT2D eigenvalue weighted by molar-refractivity contribution is 7.13. The number of phenols is 1. The summed E-state index contributed by atoms with van der Waals surface area (Å²) in [5.41, 5.74) is 1.66. The normalized spacial score (nSPS) is 10.6. The number of benzene rings is 2. The van der Waals surface area contributed by atoms with Gasteiger partial charge in [-0.2, -0.15) is 0 Å². The standard InChI is InChI=1S/C16H12FNO2S/c1-20-14-7-3-6-12(17)15(14)13-9-21-16(18-13)10-4-2-5-11(19)8-10/h2-9,19H,1H3. The highest BCUT2D eigenvalue weighted by atomic mass is 32.1. The molecule has 0 saturated heterocycles. The van der Waals surface area contributed by atoms with Crippen LogP contribution in [0.25, 0.3) is 21.8 Å². The minimum absolute atomic E-state index is 0.174. The molecule has 0 spiro atoms. The molecular weight excluding hydrogens is 289 g/mol. The first-order valence-electron chi connectivity index (χ1n) is 6.27. The van der Waals surface area contributed by atoms with Crippen molar-refractivity contribution in [3.05, 3.63) is 53.7 Å². The van der Waals surface area contributed by atoms with E-state index in [4.69, 9.17) is 4.74 Å². The highest BCUT2D eigenvalue weighted by Gasteiger charge is 2.15. The maximum absolute atomic E-state index is 14.0. The van der Waals surface area contributed by atoms with Crippen LogP contribution in [0.1, 0.15) is 0 Å². The van der Waals surface area contributed by atoms with Crippen LogP contribution in [0, 0.1) is 5.82 Å². The lowest BCUT2D eigenvalue weighted by molar-refractivity contribution is 0.413. The second kappa shape index (κ2) is 5.54. The Bertz CT molecular complexity index is 785. The SMILES string of the molecule is COc1cccc(F)c1-c1csc(-c2cccc(O)c2)n1. The minimum atomic E-state index is -0.373. The molecule has 0 aliphatic heterocycles. The van der Waals surface area contributed by atoms with Crippen molar-refractivity contribution in [3.8, 4) is 33.3 Å². The zero-order valence-electron chi connectivity index (χ0n) is 11.2. The van der Waals surface area contributed by atoms with Gasteiger partial charge in [-0.3, -0.25) is 0 Å². The first kappa shape index (κ1) is 13.6. The summed E-state index contributed by atoms with van der Waals surface area (Å²) in [6, 6.07) is 11.5. The summed E-state index contributed by atoms with van der Waals surface area (Å²) in [6.07, 6.45) is 0. The van der Waals surface area contributed by atoms with Crippen LogP contribution >= 0.6 is 11.3 Å². The van der Waals surface area contributed by atoms with Crippen molar-refractivity contribution in [2.45, 2.75) is 0 Å². The molecule has 0 bridgehead atoms. The van der Waals surface area contributed by atoms with Gasteiger partial charge in [-0.05, 0) is 24.3 Å². The molecule has 21 heavy (non-hydrogen) atoms. The Morgan fingerprint density at radius 2 is 2.00 bits per heavy atom. The fraction of sp³-hybridized carbons (Fsp3) is 0.0625. The van der Waals surface area contributed by atoms with Crippen LogP contribution in [0.3, 0.4) is 0 Å². The first-order valence-corrected chi connectivity index (χ1v) is 7.15. The van der Waals surface area contributed by atoms with Crippen LogP contribution in [-0.2, 0) is 0 Å². The van der Waals surface area contributed by atoms with Crippen molar-refractivity contribution in [1.29, 1.82) is 0 Å². The molecule has 0 fully saturated rings. The Morgan fingerprint density at radius 3 is 2.76 bits per heavy atom. The van der Waals surface area contributed by atoms with Crippen molar-refractivity contribution >= 4 is 11.3 Å². The molecule has 0 radical (unpaired) electrons. The molecule has 106 valence electrons. The van der Waals surface area contributed by atoms with Crippen LogP contribution in [0.4, 0.5) is 4.39 Å². The lowest BCUT2D eigenvalue weighted by Crippen LogP contribution is -1.91. The molecular formula is C16H12FNO2S. The molecule has 3 aromatic rings. The average molecular weight is 301 g/mol. The Hall–Kier alpha value is -2.40. The van der Waals surface area contributed by atoms with Gasteiger partial charge in [0.2, 0.25) is 0 Å². The smallest absolute Gasteiger partial charge is 0.136 e. The summed E-state index contributed by atoms with van der Waals surface area (Å²) in [6.45, 7) is 0. The maximum Gasteiger partial charge on any atom is 0.136 e. The number of methoxy groups -OCH3 is 1. The van der Waals surface area contributed by atoms with Crippen LogP contribution in [-0.4, -0.2) is 17.2 Å². The van der Waals surface area contributed by atoms with Gasteiger partial charge < -0.3 is 9.84 Å².